The molecule has 42 heavy (non-hydrogen) atoms. The lowest BCUT2D eigenvalue weighted by Gasteiger charge is -2.49. The van der Waals surface area contributed by atoms with Crippen LogP contribution >= 0.6 is 23.5 Å². The molecule has 16 nitrogen and oxygen atoms in total. The van der Waals surface area contributed by atoms with Gasteiger partial charge in [-0.25, -0.2) is 24.0 Å². The number of hydrogen-bond acceptors (Lipinski definition) is 11. The number of β-lactam (4-membered cyclic amide) rings is 1. The molecule has 0 bridgehead atoms. The van der Waals surface area contributed by atoms with Crippen molar-refractivity contribution < 1.29 is 33.9 Å². The molecule has 0 spiro atoms. The Hall–Kier alpha value is -4.45. The summed E-state index contributed by atoms with van der Waals surface area (Å²) in [5, 5.41) is 26.1. The van der Waals surface area contributed by atoms with Crippen LogP contribution in [0.25, 0.3) is 0 Å². The molecule has 2 saturated heterocycles. The Labute approximate surface area is 246 Å². The number of fused-ring (bicyclic) bond motifs is 1. The maximum atomic E-state index is 13.5. The molecule has 1 aromatic heterocycles. The number of tetrazole rings is 1. The molecular weight excluding hydrogens is 590 g/mol. The Morgan fingerprint density at radius 3 is 2.48 bits per heavy atom. The fraction of sp³-hybridized carbons (Fsp3) is 0.375. The van der Waals surface area contributed by atoms with E-state index in [1.54, 1.807) is 37.4 Å². The van der Waals surface area contributed by atoms with Crippen molar-refractivity contribution in [2.45, 2.75) is 29.5 Å². The van der Waals surface area contributed by atoms with Gasteiger partial charge in [0, 0.05) is 32.0 Å². The average Bonchev–Trinajstić information content (AvgIpc) is 3.57. The van der Waals surface area contributed by atoms with Crippen LogP contribution in [0.2, 0.25) is 0 Å². The van der Waals surface area contributed by atoms with Crippen molar-refractivity contribution in [3.8, 4) is 0 Å². The summed E-state index contributed by atoms with van der Waals surface area (Å²) in [6, 6.07) is 4.24. The summed E-state index contributed by atoms with van der Waals surface area (Å²) in [6.45, 7) is 1.20. The van der Waals surface area contributed by atoms with Gasteiger partial charge in [0.1, 0.15) is 23.2 Å². The largest absolute Gasteiger partial charge is 0.477 e. The predicted octanol–water partition coefficient (Wildman–Crippen LogP) is -0.224. The van der Waals surface area contributed by atoms with Crippen LogP contribution in [-0.4, -0.2) is 112 Å². The Morgan fingerprint density at radius 2 is 1.86 bits per heavy atom. The van der Waals surface area contributed by atoms with Gasteiger partial charge in [0.05, 0.1) is 6.54 Å². The van der Waals surface area contributed by atoms with Gasteiger partial charge in [-0.05, 0) is 21.6 Å². The minimum Gasteiger partial charge on any atom is -0.477 e. The summed E-state index contributed by atoms with van der Waals surface area (Å²) in [7, 11) is 1.65. The highest BCUT2D eigenvalue weighted by molar-refractivity contribution is 8.01. The van der Waals surface area contributed by atoms with E-state index in [0.29, 0.717) is 22.0 Å². The van der Waals surface area contributed by atoms with Crippen molar-refractivity contribution in [2.24, 2.45) is 7.05 Å². The topological polar surface area (TPSA) is 200 Å². The van der Waals surface area contributed by atoms with Gasteiger partial charge in [-0.3, -0.25) is 24.2 Å². The molecule has 2 fully saturated rings. The molecule has 18 heteroatoms. The molecule has 3 atom stereocenters. The van der Waals surface area contributed by atoms with Crippen LogP contribution in [0.3, 0.4) is 0 Å². The van der Waals surface area contributed by atoms with E-state index in [2.05, 4.69) is 26.2 Å². The van der Waals surface area contributed by atoms with Gasteiger partial charge in [-0.2, -0.15) is 0 Å². The lowest BCUT2D eigenvalue weighted by atomic mass is 10.0. The molecule has 4 heterocycles. The van der Waals surface area contributed by atoms with Crippen LogP contribution < -0.4 is 10.6 Å². The zero-order valence-electron chi connectivity index (χ0n) is 22.3. The van der Waals surface area contributed by atoms with Crippen molar-refractivity contribution in [2.75, 3.05) is 24.6 Å². The van der Waals surface area contributed by atoms with E-state index >= 15 is 0 Å². The number of carboxylic acids is 1. The van der Waals surface area contributed by atoms with Gasteiger partial charge in [0.15, 0.2) is 0 Å². The van der Waals surface area contributed by atoms with Gasteiger partial charge in [0.25, 0.3) is 5.91 Å². The summed E-state index contributed by atoms with van der Waals surface area (Å²) in [5.74, 6) is -2.56. The second kappa shape index (κ2) is 11.8. The number of thioether (sulfide) groups is 2. The monoisotopic (exact) mass is 615 g/mol. The molecule has 3 aliphatic heterocycles. The quantitative estimate of drug-likeness (QED) is 0.261. The van der Waals surface area contributed by atoms with Crippen LogP contribution in [0.5, 0.6) is 0 Å². The molecule has 0 aliphatic carbocycles. The van der Waals surface area contributed by atoms with Crippen LogP contribution in [-0.2, 0) is 26.2 Å². The predicted molar refractivity (Wildman–Crippen MR) is 146 cm³/mol. The zero-order valence-corrected chi connectivity index (χ0v) is 23.9. The van der Waals surface area contributed by atoms with Gasteiger partial charge in [-0.1, -0.05) is 42.1 Å². The third-order valence-electron chi connectivity index (χ3n) is 6.80. The first-order valence-electron chi connectivity index (χ1n) is 12.6. The Bertz CT molecular complexity index is 1500. The first kappa shape index (κ1) is 29.1. The Balaban J connectivity index is 1.30. The van der Waals surface area contributed by atoms with E-state index in [0.717, 1.165) is 14.7 Å². The van der Waals surface area contributed by atoms with Crippen LogP contribution in [0.4, 0.5) is 9.59 Å². The molecule has 220 valence electrons. The van der Waals surface area contributed by atoms with Crippen LogP contribution in [0.15, 0.2) is 46.8 Å². The number of aryl methyl sites for hydroxylation is 1. The van der Waals surface area contributed by atoms with Crippen molar-refractivity contribution in [3.05, 3.63) is 47.2 Å². The maximum absolute atomic E-state index is 13.5. The maximum Gasteiger partial charge on any atom is 0.352 e. The number of benzene rings is 1. The number of rotatable bonds is 8. The van der Waals surface area contributed by atoms with E-state index in [4.69, 9.17) is 0 Å². The number of carboxylic acid groups (broad SMARTS) is 1. The van der Waals surface area contributed by atoms with Gasteiger partial charge in [0.2, 0.25) is 17.0 Å². The molecule has 2 aromatic rings. The first-order valence-corrected chi connectivity index (χ1v) is 14.6. The number of imide groups is 2. The van der Waals surface area contributed by atoms with E-state index in [1.165, 1.54) is 35.1 Å². The van der Waals surface area contributed by atoms with E-state index in [1.807, 2.05) is 0 Å². The third kappa shape index (κ3) is 5.41. The standard InChI is InChI=1S/C24H25N9O7S2/c1-12(34)31-8-9-32(24(31)40)22(39)26-15(13-6-4-3-5-7-13)18(35)25-16-19(36)33-17(21(37)38)14(10-41-20(16)33)11-42-23-27-28-29-30(23)2/h3-7,15-16,20H,8-11H2,1-2H3,(H,25,35)(H,26,39)(H,37,38)/t15-,16?,20-/m1/s1. The fourth-order valence-electron chi connectivity index (χ4n) is 4.69. The first-order chi connectivity index (χ1) is 20.1. The van der Waals surface area contributed by atoms with E-state index in [9.17, 15) is 33.9 Å². The number of nitrogens with one attached hydrogen (secondary N) is 2. The number of nitrogens with zero attached hydrogens (tertiary/aromatic N) is 7. The lowest BCUT2D eigenvalue weighted by molar-refractivity contribution is -0.151. The second-order valence-electron chi connectivity index (χ2n) is 9.43. The third-order valence-corrected chi connectivity index (χ3v) is 9.24. The Morgan fingerprint density at radius 1 is 1.14 bits per heavy atom. The SMILES string of the molecule is CC(=O)N1CCN(C(=O)N[C@@H](C(=O)NC2C(=O)N3C(C(=O)O)=C(CSc4nnnn4C)CS[C@H]23)c2ccccc2)C1=O. The second-order valence-corrected chi connectivity index (χ2v) is 11.5. The molecule has 1 unspecified atom stereocenters. The molecule has 0 saturated carbocycles. The van der Waals surface area contributed by atoms with E-state index in [-0.39, 0.29) is 24.5 Å². The number of carbonyl (C=O) groups is 6. The highest BCUT2D eigenvalue weighted by Gasteiger charge is 2.54. The van der Waals surface area contributed by atoms with Crippen molar-refractivity contribution >= 4 is 59.3 Å². The number of amides is 7. The summed E-state index contributed by atoms with van der Waals surface area (Å²) >= 11 is 2.54. The normalized spacial score (nSPS) is 20.7. The van der Waals surface area contributed by atoms with Crippen molar-refractivity contribution in [3.63, 3.8) is 0 Å². The summed E-state index contributed by atoms with van der Waals surface area (Å²) in [6.07, 6.45) is 0. The number of urea groups is 2. The minimum absolute atomic E-state index is 0.0322. The number of carbonyl (C=O) groups excluding carboxylic acids is 5. The summed E-state index contributed by atoms with van der Waals surface area (Å²) in [5.41, 5.74) is 0.758. The molecule has 5 rings (SSSR count). The molecule has 1 aromatic carbocycles. The smallest absolute Gasteiger partial charge is 0.352 e. The number of aliphatic carboxylic acids is 1. The number of aromatic nitrogens is 4. The molecule has 3 N–H and O–H groups in total. The minimum atomic E-state index is -1.28. The summed E-state index contributed by atoms with van der Waals surface area (Å²) < 4.78 is 1.45. The van der Waals surface area contributed by atoms with Crippen molar-refractivity contribution in [1.82, 2.24) is 45.5 Å². The highest BCUT2D eigenvalue weighted by Crippen LogP contribution is 2.41. The number of hydrogen-bond donors (Lipinski definition) is 3. The molecule has 0 radical (unpaired) electrons. The Kier molecular flexibility index (Phi) is 8.17. The van der Waals surface area contributed by atoms with Gasteiger partial charge >= 0.3 is 18.0 Å². The molecule has 7 amide bonds. The molecule has 3 aliphatic rings. The highest BCUT2D eigenvalue weighted by atomic mass is 32.2. The van der Waals surface area contributed by atoms with Crippen molar-refractivity contribution in [1.29, 1.82) is 0 Å². The fourth-order valence-corrected chi connectivity index (χ4v) is 7.03. The van der Waals surface area contributed by atoms with Crippen LogP contribution in [0, 0.1) is 0 Å². The zero-order chi connectivity index (χ0) is 30.1. The van der Waals surface area contributed by atoms with Gasteiger partial charge < -0.3 is 15.7 Å². The average molecular weight is 616 g/mol. The lowest BCUT2D eigenvalue weighted by Crippen LogP contribution is -2.71. The van der Waals surface area contributed by atoms with Crippen LogP contribution in [0.1, 0.15) is 18.5 Å². The molecular formula is C24H25N9O7S2. The van der Waals surface area contributed by atoms with Gasteiger partial charge in [-0.15, -0.1) is 16.9 Å². The van der Waals surface area contributed by atoms with E-state index < -0.39 is 53.2 Å². The summed E-state index contributed by atoms with van der Waals surface area (Å²) in [4.78, 5) is 78.9.